The molecule has 0 saturated carbocycles. The van der Waals surface area contributed by atoms with E-state index < -0.39 is 12.0 Å². The van der Waals surface area contributed by atoms with E-state index >= 15 is 0 Å². The van der Waals surface area contributed by atoms with Crippen molar-refractivity contribution in [1.82, 2.24) is 5.32 Å². The van der Waals surface area contributed by atoms with E-state index in [9.17, 15) is 14.0 Å². The molecule has 3 aromatic carbocycles. The van der Waals surface area contributed by atoms with E-state index in [2.05, 4.69) is 10.6 Å². The first-order chi connectivity index (χ1) is 14.5. The summed E-state index contributed by atoms with van der Waals surface area (Å²) in [6.07, 6.45) is -0.117. The maximum Gasteiger partial charge on any atom is 0.265 e. The second-order valence-corrected chi connectivity index (χ2v) is 6.74. The second kappa shape index (κ2) is 10.2. The predicted molar refractivity (Wildman–Crippen MR) is 114 cm³/mol. The molecule has 6 heteroatoms. The van der Waals surface area contributed by atoms with Gasteiger partial charge in [-0.25, -0.2) is 4.39 Å². The van der Waals surface area contributed by atoms with Crippen molar-refractivity contribution in [1.29, 1.82) is 0 Å². The lowest BCUT2D eigenvalue weighted by atomic mass is 10.1. The highest BCUT2D eigenvalue weighted by Gasteiger charge is 2.18. The fourth-order valence-corrected chi connectivity index (χ4v) is 2.86. The van der Waals surface area contributed by atoms with E-state index in [-0.39, 0.29) is 11.7 Å². The molecule has 0 saturated heterocycles. The third-order valence-electron chi connectivity index (χ3n) is 4.47. The molecule has 0 radical (unpaired) electrons. The van der Waals surface area contributed by atoms with Gasteiger partial charge in [-0.3, -0.25) is 9.59 Å². The van der Waals surface area contributed by atoms with Gasteiger partial charge in [0.25, 0.3) is 11.8 Å². The summed E-state index contributed by atoms with van der Waals surface area (Å²) in [4.78, 5) is 25.1. The predicted octanol–water partition coefficient (Wildman–Crippen LogP) is 4.20. The number of ether oxygens (including phenoxy) is 1. The number of anilines is 1. The summed E-state index contributed by atoms with van der Waals surface area (Å²) in [6, 6.07) is 22.1. The number of para-hydroxylation sites is 1. The van der Waals surface area contributed by atoms with Crippen molar-refractivity contribution in [3.63, 3.8) is 0 Å². The van der Waals surface area contributed by atoms with Crippen LogP contribution in [0.2, 0.25) is 0 Å². The van der Waals surface area contributed by atoms with Gasteiger partial charge >= 0.3 is 0 Å². The lowest BCUT2D eigenvalue weighted by molar-refractivity contribution is -0.122. The minimum absolute atomic E-state index is 0.270. The number of carbonyl (C=O) groups is 2. The van der Waals surface area contributed by atoms with Crippen LogP contribution in [0.5, 0.6) is 5.75 Å². The first kappa shape index (κ1) is 21.0. The van der Waals surface area contributed by atoms with E-state index in [4.69, 9.17) is 4.74 Å². The number of amides is 2. The van der Waals surface area contributed by atoms with Crippen LogP contribution in [0.25, 0.3) is 0 Å². The lowest BCUT2D eigenvalue weighted by Crippen LogP contribution is -2.32. The molecule has 1 atom stereocenters. The van der Waals surface area contributed by atoms with Gasteiger partial charge in [0.1, 0.15) is 11.6 Å². The van der Waals surface area contributed by atoms with Gasteiger partial charge in [0.2, 0.25) is 0 Å². The Morgan fingerprint density at radius 2 is 1.60 bits per heavy atom. The summed E-state index contributed by atoms with van der Waals surface area (Å²) < 4.78 is 18.5. The molecule has 2 amide bonds. The Hall–Kier alpha value is -3.67. The average Bonchev–Trinajstić information content (AvgIpc) is 2.76. The smallest absolute Gasteiger partial charge is 0.265 e. The number of hydrogen-bond donors (Lipinski definition) is 2. The molecular weight excluding hydrogens is 383 g/mol. The van der Waals surface area contributed by atoms with Crippen LogP contribution in [0.1, 0.15) is 22.8 Å². The van der Waals surface area contributed by atoms with Crippen molar-refractivity contribution >= 4 is 17.5 Å². The number of rotatable bonds is 8. The number of halogens is 1. The highest BCUT2D eigenvalue weighted by molar-refractivity contribution is 6.04. The first-order valence-corrected chi connectivity index (χ1v) is 9.67. The molecule has 3 rings (SSSR count). The van der Waals surface area contributed by atoms with Gasteiger partial charge in [-0.2, -0.15) is 0 Å². The van der Waals surface area contributed by atoms with Crippen LogP contribution in [0.15, 0.2) is 78.9 Å². The van der Waals surface area contributed by atoms with E-state index in [1.165, 1.54) is 24.3 Å². The zero-order valence-corrected chi connectivity index (χ0v) is 16.6. The molecule has 30 heavy (non-hydrogen) atoms. The minimum atomic E-state index is -0.829. The number of hydrogen-bond acceptors (Lipinski definition) is 3. The molecular formula is C24H23FN2O3. The molecule has 3 aromatic rings. The molecule has 2 N–H and O–H groups in total. The number of nitrogens with one attached hydrogen (secondary N) is 2. The molecule has 0 heterocycles. The van der Waals surface area contributed by atoms with Crippen LogP contribution in [0.3, 0.4) is 0 Å². The molecule has 0 fully saturated rings. The summed E-state index contributed by atoms with van der Waals surface area (Å²) >= 11 is 0. The summed E-state index contributed by atoms with van der Waals surface area (Å²) in [5.41, 5.74) is 1.90. The topological polar surface area (TPSA) is 67.4 Å². The Morgan fingerprint density at radius 1 is 0.933 bits per heavy atom. The van der Waals surface area contributed by atoms with Gasteiger partial charge in [-0.1, -0.05) is 42.5 Å². The zero-order chi connectivity index (χ0) is 21.3. The fraction of sp³-hybridized carbons (Fsp3) is 0.167. The maximum atomic E-state index is 13.0. The minimum Gasteiger partial charge on any atom is -0.481 e. The van der Waals surface area contributed by atoms with Crippen molar-refractivity contribution in [2.75, 3.05) is 11.9 Å². The summed E-state index contributed by atoms with van der Waals surface area (Å²) in [5, 5.41) is 5.61. The monoisotopic (exact) mass is 406 g/mol. The lowest BCUT2D eigenvalue weighted by Gasteiger charge is -2.16. The molecule has 0 aromatic heterocycles. The van der Waals surface area contributed by atoms with Crippen molar-refractivity contribution in [2.45, 2.75) is 19.4 Å². The first-order valence-electron chi connectivity index (χ1n) is 9.67. The Morgan fingerprint density at radius 3 is 2.33 bits per heavy atom. The van der Waals surface area contributed by atoms with Crippen molar-refractivity contribution in [3.05, 3.63) is 95.8 Å². The zero-order valence-electron chi connectivity index (χ0n) is 16.6. The van der Waals surface area contributed by atoms with Gasteiger partial charge in [-0.05, 0) is 55.3 Å². The summed E-state index contributed by atoms with van der Waals surface area (Å²) in [6.45, 7) is 2.07. The standard InChI is InChI=1S/C24H23FN2O3/c1-17(30-20-13-11-19(25)12-14-20)23(28)27-22-10-6-5-9-21(22)24(29)26-16-15-18-7-3-2-4-8-18/h2-14,17H,15-16H2,1H3,(H,26,29)(H,27,28)/t17-/m0/s1. The second-order valence-electron chi connectivity index (χ2n) is 6.74. The largest absolute Gasteiger partial charge is 0.481 e. The van der Waals surface area contributed by atoms with Crippen molar-refractivity contribution < 1.29 is 18.7 Å². The van der Waals surface area contributed by atoms with Gasteiger partial charge in [0, 0.05) is 6.54 Å². The Bertz CT molecular complexity index is 991. The van der Waals surface area contributed by atoms with Gasteiger partial charge in [0.05, 0.1) is 11.3 Å². The highest BCUT2D eigenvalue weighted by Crippen LogP contribution is 2.17. The molecule has 0 aliphatic heterocycles. The van der Waals surface area contributed by atoms with Crippen LogP contribution in [-0.4, -0.2) is 24.5 Å². The van der Waals surface area contributed by atoms with Crippen LogP contribution in [0.4, 0.5) is 10.1 Å². The number of carbonyl (C=O) groups excluding carboxylic acids is 2. The quantitative estimate of drug-likeness (QED) is 0.589. The molecule has 0 aliphatic carbocycles. The summed E-state index contributed by atoms with van der Waals surface area (Å²) in [7, 11) is 0. The fourth-order valence-electron chi connectivity index (χ4n) is 2.86. The molecule has 0 aliphatic rings. The Kier molecular flexibility index (Phi) is 7.16. The van der Waals surface area contributed by atoms with Crippen LogP contribution in [-0.2, 0) is 11.2 Å². The maximum absolute atomic E-state index is 13.0. The number of benzene rings is 3. The molecule has 0 bridgehead atoms. The van der Waals surface area contributed by atoms with Gasteiger partial charge < -0.3 is 15.4 Å². The van der Waals surface area contributed by atoms with E-state index in [1.54, 1.807) is 31.2 Å². The third-order valence-corrected chi connectivity index (χ3v) is 4.47. The van der Waals surface area contributed by atoms with Crippen LogP contribution in [0, 0.1) is 5.82 Å². The van der Waals surface area contributed by atoms with Crippen LogP contribution < -0.4 is 15.4 Å². The Balaban J connectivity index is 1.58. The van der Waals surface area contributed by atoms with Gasteiger partial charge in [-0.15, -0.1) is 0 Å². The van der Waals surface area contributed by atoms with Crippen molar-refractivity contribution in [3.8, 4) is 5.75 Å². The third kappa shape index (κ3) is 5.91. The van der Waals surface area contributed by atoms with Crippen molar-refractivity contribution in [2.24, 2.45) is 0 Å². The van der Waals surface area contributed by atoms with E-state index in [0.717, 1.165) is 5.56 Å². The highest BCUT2D eigenvalue weighted by atomic mass is 19.1. The SMILES string of the molecule is C[C@H](Oc1ccc(F)cc1)C(=O)Nc1ccccc1C(=O)NCCc1ccccc1. The van der Waals surface area contributed by atoms with E-state index in [0.29, 0.717) is 30.0 Å². The Labute approximate surface area is 174 Å². The van der Waals surface area contributed by atoms with E-state index in [1.807, 2.05) is 30.3 Å². The molecule has 154 valence electrons. The average molecular weight is 406 g/mol. The van der Waals surface area contributed by atoms with Crippen LogP contribution >= 0.6 is 0 Å². The summed E-state index contributed by atoms with van der Waals surface area (Å²) in [5.74, 6) is -0.685. The molecule has 5 nitrogen and oxygen atoms in total. The molecule has 0 unspecified atom stereocenters. The molecule has 0 spiro atoms. The normalized spacial score (nSPS) is 11.4. The van der Waals surface area contributed by atoms with Gasteiger partial charge in [0.15, 0.2) is 6.10 Å².